The van der Waals surface area contributed by atoms with Crippen LogP contribution in [0, 0.1) is 0 Å². The first-order valence-corrected chi connectivity index (χ1v) is 7.49. The molecule has 1 N–H and O–H groups in total. The summed E-state index contributed by atoms with van der Waals surface area (Å²) >= 11 is 0. The zero-order chi connectivity index (χ0) is 13.1. The summed E-state index contributed by atoms with van der Waals surface area (Å²) < 4.78 is 0. The molecule has 0 heterocycles. The zero-order valence-corrected chi connectivity index (χ0v) is 11.4. The normalized spacial score (nSPS) is 30.4. The Morgan fingerprint density at radius 2 is 1.74 bits per heavy atom. The molecule has 3 rings (SSSR count). The first-order chi connectivity index (χ1) is 9.31. The van der Waals surface area contributed by atoms with Crippen LogP contribution in [0.5, 0.6) is 0 Å². The van der Waals surface area contributed by atoms with Gasteiger partial charge in [0, 0.05) is 0 Å². The number of fused-ring (bicyclic) bond motifs is 1. The SMILES string of the molecule is OC1(c2ccccc2)CCCCC/C=C2/CCC=C21. The molecule has 1 unspecified atom stereocenters. The van der Waals surface area contributed by atoms with Gasteiger partial charge in [0.05, 0.1) is 0 Å². The van der Waals surface area contributed by atoms with Crippen molar-refractivity contribution in [2.24, 2.45) is 0 Å². The first-order valence-electron chi connectivity index (χ1n) is 7.49. The van der Waals surface area contributed by atoms with Crippen molar-refractivity contribution in [3.8, 4) is 0 Å². The standard InChI is InChI=1S/C18H22O/c19-18(16-11-5-3-6-12-16)14-7-2-1-4-9-15-10-8-13-17(15)18/h3,5-6,9,11-13,19H,1-2,4,7-8,10,14H2/b15-9-. The van der Waals surface area contributed by atoms with Gasteiger partial charge in [-0.1, -0.05) is 48.9 Å². The molecule has 0 amide bonds. The molecule has 1 nitrogen and oxygen atoms in total. The van der Waals surface area contributed by atoms with Crippen molar-refractivity contribution in [1.29, 1.82) is 0 Å². The van der Waals surface area contributed by atoms with Crippen LogP contribution >= 0.6 is 0 Å². The number of benzene rings is 1. The predicted octanol–water partition coefficient (Wildman–Crippen LogP) is 4.48. The molecule has 100 valence electrons. The van der Waals surface area contributed by atoms with Crippen molar-refractivity contribution in [2.75, 3.05) is 0 Å². The molecule has 0 aliphatic heterocycles. The zero-order valence-electron chi connectivity index (χ0n) is 11.4. The van der Waals surface area contributed by atoms with Gasteiger partial charge in [0.2, 0.25) is 0 Å². The van der Waals surface area contributed by atoms with Crippen LogP contribution in [0.4, 0.5) is 0 Å². The number of rotatable bonds is 1. The van der Waals surface area contributed by atoms with Gasteiger partial charge in [0.25, 0.3) is 0 Å². The maximum absolute atomic E-state index is 11.3. The highest BCUT2D eigenvalue weighted by atomic mass is 16.3. The van der Waals surface area contributed by atoms with E-state index in [2.05, 4.69) is 24.3 Å². The lowest BCUT2D eigenvalue weighted by molar-refractivity contribution is 0.0666. The van der Waals surface area contributed by atoms with Crippen LogP contribution in [0.2, 0.25) is 0 Å². The minimum absolute atomic E-state index is 0.770. The van der Waals surface area contributed by atoms with Crippen molar-refractivity contribution in [2.45, 2.75) is 50.5 Å². The summed E-state index contributed by atoms with van der Waals surface area (Å²) in [5.74, 6) is 0. The molecule has 1 atom stereocenters. The molecule has 0 fully saturated rings. The fourth-order valence-corrected chi connectivity index (χ4v) is 3.41. The fraction of sp³-hybridized carbons (Fsp3) is 0.444. The average molecular weight is 254 g/mol. The summed E-state index contributed by atoms with van der Waals surface area (Å²) in [6.07, 6.45) is 12.4. The quantitative estimate of drug-likeness (QED) is 0.783. The molecule has 0 spiro atoms. The second-order valence-corrected chi connectivity index (χ2v) is 5.71. The van der Waals surface area contributed by atoms with E-state index >= 15 is 0 Å². The summed E-state index contributed by atoms with van der Waals surface area (Å²) in [5, 5.41) is 11.3. The van der Waals surface area contributed by atoms with E-state index in [0.29, 0.717) is 0 Å². The largest absolute Gasteiger partial charge is 0.380 e. The molecule has 1 aromatic carbocycles. The van der Waals surface area contributed by atoms with Crippen molar-refractivity contribution in [3.63, 3.8) is 0 Å². The smallest absolute Gasteiger partial charge is 0.115 e. The van der Waals surface area contributed by atoms with Crippen LogP contribution in [0.3, 0.4) is 0 Å². The monoisotopic (exact) mass is 254 g/mol. The highest BCUT2D eigenvalue weighted by Crippen LogP contribution is 2.43. The molecule has 19 heavy (non-hydrogen) atoms. The van der Waals surface area contributed by atoms with Gasteiger partial charge in [-0.05, 0) is 55.2 Å². The number of allylic oxidation sites excluding steroid dienone is 2. The summed E-state index contributed by atoms with van der Waals surface area (Å²) in [5.41, 5.74) is 2.85. The Morgan fingerprint density at radius 3 is 2.58 bits per heavy atom. The second-order valence-electron chi connectivity index (χ2n) is 5.71. The van der Waals surface area contributed by atoms with E-state index in [4.69, 9.17) is 0 Å². The van der Waals surface area contributed by atoms with E-state index in [0.717, 1.165) is 37.7 Å². The Bertz CT molecular complexity index is 498. The minimum Gasteiger partial charge on any atom is -0.380 e. The van der Waals surface area contributed by atoms with Gasteiger partial charge in [-0.2, -0.15) is 0 Å². The second kappa shape index (κ2) is 5.34. The molecule has 0 aromatic heterocycles. The third kappa shape index (κ3) is 2.40. The minimum atomic E-state index is -0.770. The maximum atomic E-state index is 11.3. The van der Waals surface area contributed by atoms with Crippen LogP contribution < -0.4 is 0 Å². The molecule has 1 aromatic rings. The van der Waals surface area contributed by atoms with Gasteiger partial charge in [0.1, 0.15) is 5.60 Å². The number of hydrogen-bond donors (Lipinski definition) is 1. The van der Waals surface area contributed by atoms with Crippen molar-refractivity contribution >= 4 is 0 Å². The lowest BCUT2D eigenvalue weighted by atomic mass is 9.80. The Hall–Kier alpha value is -1.34. The number of hydrogen-bond acceptors (Lipinski definition) is 1. The third-order valence-electron chi connectivity index (χ3n) is 4.44. The van der Waals surface area contributed by atoms with Crippen LogP contribution in [-0.4, -0.2) is 5.11 Å². The van der Waals surface area contributed by atoms with Gasteiger partial charge < -0.3 is 5.11 Å². The molecule has 0 saturated heterocycles. The number of aliphatic hydroxyl groups is 1. The molecule has 0 saturated carbocycles. The Kier molecular flexibility index (Phi) is 3.56. The summed E-state index contributed by atoms with van der Waals surface area (Å²) in [4.78, 5) is 0. The van der Waals surface area contributed by atoms with Gasteiger partial charge in [0.15, 0.2) is 0 Å². The highest BCUT2D eigenvalue weighted by molar-refractivity contribution is 5.47. The molecule has 2 aliphatic carbocycles. The fourth-order valence-electron chi connectivity index (χ4n) is 3.41. The van der Waals surface area contributed by atoms with E-state index < -0.39 is 5.60 Å². The Balaban J connectivity index is 2.05. The van der Waals surface area contributed by atoms with E-state index in [-0.39, 0.29) is 0 Å². The Labute approximate surface area is 115 Å². The topological polar surface area (TPSA) is 20.2 Å². The van der Waals surface area contributed by atoms with Crippen molar-refractivity contribution < 1.29 is 5.11 Å². The van der Waals surface area contributed by atoms with Gasteiger partial charge in [-0.15, -0.1) is 0 Å². The van der Waals surface area contributed by atoms with Crippen molar-refractivity contribution in [3.05, 3.63) is 59.2 Å². The van der Waals surface area contributed by atoms with E-state index in [1.54, 1.807) is 0 Å². The molecule has 0 bridgehead atoms. The third-order valence-corrected chi connectivity index (χ3v) is 4.44. The predicted molar refractivity (Wildman–Crippen MR) is 78.8 cm³/mol. The van der Waals surface area contributed by atoms with E-state index in [1.807, 2.05) is 18.2 Å². The van der Waals surface area contributed by atoms with Crippen LogP contribution in [0.25, 0.3) is 0 Å². The summed E-state index contributed by atoms with van der Waals surface area (Å²) in [7, 11) is 0. The maximum Gasteiger partial charge on any atom is 0.115 e. The Morgan fingerprint density at radius 1 is 0.895 bits per heavy atom. The summed E-state index contributed by atoms with van der Waals surface area (Å²) in [6, 6.07) is 10.2. The first kappa shape index (κ1) is 12.7. The molecule has 2 aliphatic rings. The lowest BCUT2D eigenvalue weighted by Crippen LogP contribution is -2.28. The molecular weight excluding hydrogens is 232 g/mol. The van der Waals surface area contributed by atoms with E-state index in [9.17, 15) is 5.11 Å². The van der Waals surface area contributed by atoms with E-state index in [1.165, 1.54) is 24.0 Å². The van der Waals surface area contributed by atoms with Crippen LogP contribution in [0.15, 0.2) is 53.6 Å². The van der Waals surface area contributed by atoms with Gasteiger partial charge >= 0.3 is 0 Å². The molecule has 0 radical (unpaired) electrons. The van der Waals surface area contributed by atoms with Crippen molar-refractivity contribution in [1.82, 2.24) is 0 Å². The highest BCUT2D eigenvalue weighted by Gasteiger charge is 2.36. The average Bonchev–Trinajstić information content (AvgIpc) is 2.93. The van der Waals surface area contributed by atoms with Gasteiger partial charge in [-0.3, -0.25) is 0 Å². The van der Waals surface area contributed by atoms with Crippen LogP contribution in [0.1, 0.15) is 50.5 Å². The lowest BCUT2D eigenvalue weighted by Gasteiger charge is -2.31. The summed E-state index contributed by atoms with van der Waals surface area (Å²) in [6.45, 7) is 0. The molecule has 1 heteroatoms. The molecular formula is C18H22O. The van der Waals surface area contributed by atoms with Gasteiger partial charge in [-0.25, -0.2) is 0 Å². The van der Waals surface area contributed by atoms with Crippen LogP contribution in [-0.2, 0) is 5.60 Å².